The molecule has 20 nitrogen and oxygen atoms in total. The topological polar surface area (TPSA) is 265 Å². The van der Waals surface area contributed by atoms with Crippen molar-refractivity contribution in [2.45, 2.75) is 174 Å². The Hall–Kier alpha value is -7.03. The van der Waals surface area contributed by atoms with Gasteiger partial charge in [0.25, 0.3) is 18.9 Å². The molecule has 2 N–H and O–H groups in total. The molecular formula is C59H64O20. The van der Waals surface area contributed by atoms with Crippen LogP contribution in [0.3, 0.4) is 0 Å². The molecule has 4 saturated heterocycles. The van der Waals surface area contributed by atoms with E-state index < -0.39 is 120 Å². The quantitative estimate of drug-likeness (QED) is 0.0752. The van der Waals surface area contributed by atoms with Crippen molar-refractivity contribution in [2.75, 3.05) is 0 Å². The summed E-state index contributed by atoms with van der Waals surface area (Å²) in [7, 11) is 0. The first kappa shape index (κ1) is 53.9. The Bertz CT molecular complexity index is 3130. The Balaban J connectivity index is 0.000000126. The first-order chi connectivity index (χ1) is 37.2. The van der Waals surface area contributed by atoms with Gasteiger partial charge in [-0.05, 0) is 95.4 Å². The molecule has 0 aromatic heterocycles. The highest BCUT2D eigenvalue weighted by molar-refractivity contribution is 5.95. The molecule has 14 atom stereocenters. The molecule has 1 aromatic rings. The average molecular weight is 1090 g/mol. The molecule has 5 aliphatic carbocycles. The van der Waals surface area contributed by atoms with Crippen LogP contribution in [0.15, 0.2) is 94.2 Å². The Kier molecular flexibility index (Phi) is 12.8. The summed E-state index contributed by atoms with van der Waals surface area (Å²) in [6, 6.07) is 3.82. The predicted octanol–water partition coefficient (Wildman–Crippen LogP) is 6.35. The van der Waals surface area contributed by atoms with Crippen LogP contribution in [-0.4, -0.2) is 106 Å². The van der Waals surface area contributed by atoms with Crippen molar-refractivity contribution >= 4 is 41.8 Å². The fourth-order valence-corrected chi connectivity index (χ4v) is 14.1. The number of ether oxygens (including phenoxy) is 11. The summed E-state index contributed by atoms with van der Waals surface area (Å²) < 4.78 is 60.4. The fraction of sp³-hybridized carbons (Fsp3) is 0.542. The van der Waals surface area contributed by atoms with Gasteiger partial charge >= 0.3 is 41.8 Å². The van der Waals surface area contributed by atoms with Crippen molar-refractivity contribution in [1.29, 1.82) is 0 Å². The number of aliphatic hydroxyl groups is 2. The van der Waals surface area contributed by atoms with Crippen LogP contribution < -0.4 is 0 Å². The highest BCUT2D eigenvalue weighted by Gasteiger charge is 2.92. The lowest BCUT2D eigenvalue weighted by atomic mass is 9.62. The maximum atomic E-state index is 12.7. The van der Waals surface area contributed by atoms with Gasteiger partial charge in [-0.15, -0.1) is 0 Å². The Morgan fingerprint density at radius 1 is 0.620 bits per heavy atom. The predicted molar refractivity (Wildman–Crippen MR) is 269 cm³/mol. The number of epoxide rings is 1. The van der Waals surface area contributed by atoms with Crippen LogP contribution in [0.1, 0.15) is 128 Å². The van der Waals surface area contributed by atoms with Gasteiger partial charge in [-0.25, -0.2) is 28.8 Å². The minimum atomic E-state index is -1.14. The van der Waals surface area contributed by atoms with Gasteiger partial charge in [-0.2, -0.15) is 0 Å². The van der Waals surface area contributed by atoms with Crippen molar-refractivity contribution in [3.8, 4) is 0 Å². The van der Waals surface area contributed by atoms with Gasteiger partial charge in [0.2, 0.25) is 0 Å². The minimum Gasteiger partial charge on any atom is -0.459 e. The lowest BCUT2D eigenvalue weighted by molar-refractivity contribution is -0.164. The second-order valence-electron chi connectivity index (χ2n) is 23.7. The van der Waals surface area contributed by atoms with Gasteiger partial charge in [-0.1, -0.05) is 45.9 Å². The average Bonchev–Trinajstić information content (AvgIpc) is 2.14. The third kappa shape index (κ3) is 8.19. The number of hydrogen-bond donors (Lipinski definition) is 2. The Morgan fingerprint density at radius 2 is 1.14 bits per heavy atom. The fourth-order valence-electron chi connectivity index (χ4n) is 14.1. The zero-order valence-electron chi connectivity index (χ0n) is 45.5. The molecule has 420 valence electrons. The van der Waals surface area contributed by atoms with Gasteiger partial charge in [0.05, 0.1) is 59.4 Å². The summed E-state index contributed by atoms with van der Waals surface area (Å²) in [4.78, 5) is 83.5. The van der Waals surface area contributed by atoms with Crippen molar-refractivity contribution in [1.82, 2.24) is 0 Å². The zero-order valence-corrected chi connectivity index (χ0v) is 45.5. The maximum absolute atomic E-state index is 12.7. The van der Waals surface area contributed by atoms with E-state index in [0.29, 0.717) is 22.3 Å². The van der Waals surface area contributed by atoms with Crippen molar-refractivity contribution in [2.24, 2.45) is 28.6 Å². The van der Waals surface area contributed by atoms with E-state index in [-0.39, 0.29) is 27.9 Å². The molecule has 20 heteroatoms. The van der Waals surface area contributed by atoms with E-state index in [9.17, 15) is 43.8 Å². The van der Waals surface area contributed by atoms with Gasteiger partial charge in [0.15, 0.2) is 0 Å². The summed E-state index contributed by atoms with van der Waals surface area (Å²) in [5.74, 6) is -4.66. The minimum absolute atomic E-state index is 0.236. The van der Waals surface area contributed by atoms with Crippen LogP contribution in [0.2, 0.25) is 0 Å². The summed E-state index contributed by atoms with van der Waals surface area (Å²) in [6.45, 7) is 18.4. The number of carbonyl (C=O) groups excluding carboxylic acids is 7. The van der Waals surface area contributed by atoms with E-state index in [1.54, 1.807) is 26.8 Å². The second kappa shape index (κ2) is 18.8. The van der Waals surface area contributed by atoms with E-state index in [1.165, 1.54) is 37.9 Å². The third-order valence-corrected chi connectivity index (χ3v) is 18.3. The van der Waals surface area contributed by atoms with E-state index in [2.05, 4.69) is 13.8 Å². The number of esters is 7. The van der Waals surface area contributed by atoms with Crippen LogP contribution in [0.5, 0.6) is 0 Å². The second-order valence-corrected chi connectivity index (χ2v) is 23.7. The molecule has 0 bridgehead atoms. The first-order valence-corrected chi connectivity index (χ1v) is 26.7. The molecule has 7 heterocycles. The highest BCUT2D eigenvalue weighted by Crippen LogP contribution is 2.77. The molecule has 3 saturated carbocycles. The SMILES string of the molecule is CC(=O)O[C@@H]1[C@H]2/C(=C\O[C@H]3C=C(C)C(=O)O3)C(=O)O[C@H]2[C@]23O[C@]12CCCC3(C)C.CC1=CC(O/C=C2/C(=O)O[C@@H]3c4c(ccc(C)c4C)[C@@H](O)[C@H]23)OC1=O.CC1=C[C@H](O/C=C2/C(=O)O[C@H]3[C@@H]2C=C2CCCC(C)(C)C23O)OC1=O. The Morgan fingerprint density at radius 3 is 1.70 bits per heavy atom. The molecule has 0 amide bonds. The van der Waals surface area contributed by atoms with Crippen molar-refractivity contribution < 1.29 is 95.9 Å². The van der Waals surface area contributed by atoms with E-state index in [0.717, 1.165) is 66.4 Å². The molecule has 1 aromatic carbocycles. The van der Waals surface area contributed by atoms with Crippen LogP contribution >= 0.6 is 0 Å². The molecule has 7 aliphatic heterocycles. The van der Waals surface area contributed by atoms with Crippen LogP contribution in [-0.2, 0) is 85.7 Å². The largest absolute Gasteiger partial charge is 0.459 e. The zero-order chi connectivity index (χ0) is 56.6. The molecular weight excluding hydrogens is 1030 g/mol. The number of aryl methyl sites for hydroxylation is 1. The summed E-state index contributed by atoms with van der Waals surface area (Å²) in [6.07, 6.45) is 9.98. The van der Waals surface area contributed by atoms with Gasteiger partial charge in [-0.3, -0.25) is 4.79 Å². The van der Waals surface area contributed by atoms with Gasteiger partial charge < -0.3 is 62.3 Å². The van der Waals surface area contributed by atoms with Crippen molar-refractivity contribution in [3.05, 3.63) is 116 Å². The number of benzene rings is 1. The van der Waals surface area contributed by atoms with E-state index in [4.69, 9.17) is 52.1 Å². The number of aliphatic hydroxyl groups excluding tert-OH is 1. The summed E-state index contributed by atoms with van der Waals surface area (Å²) in [5, 5.41) is 22.1. The van der Waals surface area contributed by atoms with Crippen LogP contribution in [0.4, 0.5) is 0 Å². The summed E-state index contributed by atoms with van der Waals surface area (Å²) in [5.41, 5.74) is 3.87. The van der Waals surface area contributed by atoms with Gasteiger partial charge in [0.1, 0.15) is 41.2 Å². The van der Waals surface area contributed by atoms with Crippen LogP contribution in [0, 0.1) is 42.4 Å². The molecule has 7 fully saturated rings. The van der Waals surface area contributed by atoms with E-state index >= 15 is 0 Å². The number of cyclic esters (lactones) is 3. The lowest BCUT2D eigenvalue weighted by Gasteiger charge is -2.48. The maximum Gasteiger partial charge on any atom is 0.338 e. The number of rotatable bonds is 7. The smallest absolute Gasteiger partial charge is 0.338 e. The molecule has 79 heavy (non-hydrogen) atoms. The van der Waals surface area contributed by atoms with Gasteiger partial charge in [0, 0.05) is 58.3 Å². The molecule has 13 rings (SSSR count). The Labute approximate surface area is 455 Å². The number of carbonyl (C=O) groups is 7. The number of hydrogen-bond acceptors (Lipinski definition) is 20. The normalized spacial score (nSPS) is 39.2. The number of fused-ring (bicyclic) bond motifs is 7. The molecule has 0 spiro atoms. The van der Waals surface area contributed by atoms with E-state index in [1.807, 2.05) is 45.9 Å². The molecule has 2 unspecified atom stereocenters. The third-order valence-electron chi connectivity index (χ3n) is 18.3. The molecule has 12 aliphatic rings. The lowest BCUT2D eigenvalue weighted by Crippen LogP contribution is -2.55. The highest BCUT2D eigenvalue weighted by atomic mass is 16.7. The summed E-state index contributed by atoms with van der Waals surface area (Å²) >= 11 is 0. The van der Waals surface area contributed by atoms with Crippen LogP contribution in [0.25, 0.3) is 0 Å². The van der Waals surface area contributed by atoms with Crippen molar-refractivity contribution in [3.63, 3.8) is 0 Å². The standard InChI is InChI=1S/C21H24O8.C19H18O6.C19H22O6/c1-10-8-13(27-17(10)23)25-9-12-14-15(26-11(2)22)20-7-5-6-19(3,4)21(20,29-20)16(14)28-18(12)24;1-8-4-5-11-14(10(8)3)17-15(16(11)20)12(19(22)25-17)7-23-13-6-9(2)18(21)24-13;1-10-7-14(24-16(10)20)23-9-13-12-8-11-5-4-6-18(2,3)19(11,22)15(12)25-17(13)21/h8-9,13-16H,5-7H2,1-4H3;4-7,13,15-17,20H,1-3H3;7-9,12,14-15,22H,4-6H2,1-3H3/b12-9+;12-7+;13-9+/t13-,14-,15-,16-,20-,21-;13?,15-,16+,17+;12-,14-,15+,19?/m101/s1. The molecule has 0 radical (unpaired) electrons. The monoisotopic (exact) mass is 1090 g/mol. The first-order valence-electron chi connectivity index (χ1n) is 26.7.